The topological polar surface area (TPSA) is 40.5 Å². The molecule has 0 radical (unpaired) electrons. The molecule has 1 aromatic carbocycles. The van der Waals surface area contributed by atoms with Crippen LogP contribution >= 0.6 is 0 Å². The fraction of sp³-hybridized carbons (Fsp3) is 0.538. The molecule has 0 aliphatic rings. The molecule has 2 heteroatoms. The molecule has 0 spiro atoms. The number of aliphatic hydroxyl groups is 2. The quantitative estimate of drug-likeness (QED) is 0.794. The normalized spacial score (nSPS) is 15.0. The van der Waals surface area contributed by atoms with E-state index in [1.54, 1.807) is 0 Å². The number of aliphatic hydroxyl groups excluding tert-OH is 2. The molecule has 84 valence electrons. The lowest BCUT2D eigenvalue weighted by atomic mass is 9.95. The van der Waals surface area contributed by atoms with Crippen molar-refractivity contribution in [2.75, 3.05) is 0 Å². The number of aryl methyl sites for hydroxylation is 2. The first-order valence-corrected chi connectivity index (χ1v) is 5.47. The van der Waals surface area contributed by atoms with Crippen molar-refractivity contribution in [3.8, 4) is 0 Å². The summed E-state index contributed by atoms with van der Waals surface area (Å²) in [5.74, 6) is 0. The molecule has 1 rings (SSSR count). The maximum absolute atomic E-state index is 9.77. The van der Waals surface area contributed by atoms with Crippen molar-refractivity contribution in [1.29, 1.82) is 0 Å². The molecular formula is C13H20O2. The van der Waals surface area contributed by atoms with Gasteiger partial charge in [0.2, 0.25) is 0 Å². The summed E-state index contributed by atoms with van der Waals surface area (Å²) in [6.07, 6.45) is -0.154. The predicted octanol–water partition coefficient (Wildman–Crippen LogP) is 1.98. The smallest absolute Gasteiger partial charge is 0.0839 e. The summed E-state index contributed by atoms with van der Waals surface area (Å²) < 4.78 is 0. The molecule has 2 unspecified atom stereocenters. The summed E-state index contributed by atoms with van der Waals surface area (Å²) >= 11 is 0. The van der Waals surface area contributed by atoms with Gasteiger partial charge in [0.25, 0.3) is 0 Å². The Morgan fingerprint density at radius 3 is 2.07 bits per heavy atom. The van der Waals surface area contributed by atoms with Gasteiger partial charge in [0.15, 0.2) is 0 Å². The second-order valence-electron chi connectivity index (χ2n) is 4.12. The molecule has 2 atom stereocenters. The zero-order chi connectivity index (χ0) is 11.4. The van der Waals surface area contributed by atoms with Crippen molar-refractivity contribution >= 4 is 0 Å². The van der Waals surface area contributed by atoms with E-state index in [0.717, 1.165) is 5.56 Å². The zero-order valence-electron chi connectivity index (χ0n) is 9.70. The summed E-state index contributed by atoms with van der Waals surface area (Å²) in [4.78, 5) is 0. The van der Waals surface area contributed by atoms with Crippen LogP contribution in [0.15, 0.2) is 18.2 Å². The van der Waals surface area contributed by atoms with Crippen LogP contribution < -0.4 is 0 Å². The number of benzene rings is 1. The van der Waals surface area contributed by atoms with Crippen molar-refractivity contribution in [3.63, 3.8) is 0 Å². The fourth-order valence-corrected chi connectivity index (χ4v) is 1.79. The van der Waals surface area contributed by atoms with Gasteiger partial charge in [-0.1, -0.05) is 25.1 Å². The minimum atomic E-state index is -0.658. The summed E-state index contributed by atoms with van der Waals surface area (Å²) in [5.41, 5.74) is 3.51. The maximum Gasteiger partial charge on any atom is 0.0839 e. The van der Waals surface area contributed by atoms with Gasteiger partial charge in [-0.15, -0.1) is 0 Å². The largest absolute Gasteiger partial charge is 0.390 e. The zero-order valence-corrected chi connectivity index (χ0v) is 9.70. The van der Waals surface area contributed by atoms with Crippen LogP contribution in [0.2, 0.25) is 0 Å². The lowest BCUT2D eigenvalue weighted by Gasteiger charge is -2.18. The van der Waals surface area contributed by atoms with Gasteiger partial charge >= 0.3 is 0 Å². The first-order chi connectivity index (χ1) is 7.06. The van der Waals surface area contributed by atoms with Gasteiger partial charge < -0.3 is 10.2 Å². The third-order valence-corrected chi connectivity index (χ3v) is 2.92. The molecule has 0 bridgehead atoms. The first kappa shape index (κ1) is 12.2. The van der Waals surface area contributed by atoms with Gasteiger partial charge in [-0.3, -0.25) is 0 Å². The van der Waals surface area contributed by atoms with E-state index in [9.17, 15) is 10.2 Å². The highest BCUT2D eigenvalue weighted by Gasteiger charge is 2.16. The lowest BCUT2D eigenvalue weighted by molar-refractivity contribution is 0.0180. The number of hydrogen-bond acceptors (Lipinski definition) is 2. The predicted molar refractivity (Wildman–Crippen MR) is 61.9 cm³/mol. The Kier molecular flexibility index (Phi) is 4.30. The third-order valence-electron chi connectivity index (χ3n) is 2.92. The highest BCUT2D eigenvalue weighted by atomic mass is 16.3. The second-order valence-corrected chi connectivity index (χ2v) is 4.12. The Morgan fingerprint density at radius 1 is 1.07 bits per heavy atom. The average molecular weight is 208 g/mol. The molecular weight excluding hydrogens is 188 g/mol. The number of rotatable bonds is 4. The molecule has 0 aromatic heterocycles. The molecule has 0 amide bonds. The molecule has 0 saturated carbocycles. The molecule has 2 nitrogen and oxygen atoms in total. The highest BCUT2D eigenvalue weighted by molar-refractivity contribution is 5.34. The summed E-state index contributed by atoms with van der Waals surface area (Å²) in [6.45, 7) is 5.94. The van der Waals surface area contributed by atoms with E-state index < -0.39 is 12.2 Å². The van der Waals surface area contributed by atoms with Gasteiger partial charge in [-0.25, -0.2) is 0 Å². The van der Waals surface area contributed by atoms with E-state index in [2.05, 4.69) is 0 Å². The number of hydrogen-bond donors (Lipinski definition) is 2. The van der Waals surface area contributed by atoms with Crippen LogP contribution in [0.1, 0.15) is 30.0 Å². The molecule has 0 aliphatic heterocycles. The Bertz CT molecular complexity index is 300. The van der Waals surface area contributed by atoms with Crippen molar-refractivity contribution in [3.05, 3.63) is 34.9 Å². The van der Waals surface area contributed by atoms with Crippen molar-refractivity contribution < 1.29 is 10.2 Å². The minimum absolute atomic E-state index is 0.535. The van der Waals surface area contributed by atoms with Crippen molar-refractivity contribution in [2.45, 2.75) is 45.8 Å². The van der Waals surface area contributed by atoms with Gasteiger partial charge in [0.05, 0.1) is 12.2 Å². The average Bonchev–Trinajstić information content (AvgIpc) is 2.22. The second kappa shape index (κ2) is 5.29. The van der Waals surface area contributed by atoms with Crippen LogP contribution in [0.4, 0.5) is 0 Å². The van der Waals surface area contributed by atoms with Crippen LogP contribution in [-0.4, -0.2) is 22.4 Å². The fourth-order valence-electron chi connectivity index (χ4n) is 1.79. The van der Waals surface area contributed by atoms with E-state index in [-0.39, 0.29) is 0 Å². The molecule has 1 aromatic rings. The van der Waals surface area contributed by atoms with Crippen LogP contribution in [0.3, 0.4) is 0 Å². The first-order valence-electron chi connectivity index (χ1n) is 5.47. The molecule has 15 heavy (non-hydrogen) atoms. The Morgan fingerprint density at radius 2 is 1.60 bits per heavy atom. The van der Waals surface area contributed by atoms with Crippen LogP contribution in [0.5, 0.6) is 0 Å². The van der Waals surface area contributed by atoms with Crippen molar-refractivity contribution in [1.82, 2.24) is 0 Å². The standard InChI is InChI=1S/C13H20O2/c1-4-12(14)13(15)8-11-9(2)6-5-7-10(11)3/h5-7,12-15H,4,8H2,1-3H3. The van der Waals surface area contributed by atoms with Gasteiger partial charge in [-0.05, 0) is 37.0 Å². The van der Waals surface area contributed by atoms with Crippen molar-refractivity contribution in [2.24, 2.45) is 0 Å². The minimum Gasteiger partial charge on any atom is -0.390 e. The highest BCUT2D eigenvalue weighted by Crippen LogP contribution is 2.17. The monoisotopic (exact) mass is 208 g/mol. The summed E-state index contributed by atoms with van der Waals surface area (Å²) in [6, 6.07) is 6.08. The van der Waals surface area contributed by atoms with Gasteiger partial charge in [-0.2, -0.15) is 0 Å². The third kappa shape index (κ3) is 3.05. The van der Waals surface area contributed by atoms with Crippen LogP contribution in [0, 0.1) is 13.8 Å². The Labute approximate surface area is 91.6 Å². The molecule has 2 N–H and O–H groups in total. The van der Waals surface area contributed by atoms with E-state index in [1.165, 1.54) is 11.1 Å². The van der Waals surface area contributed by atoms with E-state index in [0.29, 0.717) is 12.8 Å². The van der Waals surface area contributed by atoms with E-state index in [4.69, 9.17) is 0 Å². The van der Waals surface area contributed by atoms with Gasteiger partial charge in [0.1, 0.15) is 0 Å². The van der Waals surface area contributed by atoms with Crippen LogP contribution in [0.25, 0.3) is 0 Å². The Balaban J connectivity index is 2.80. The molecule has 0 saturated heterocycles. The van der Waals surface area contributed by atoms with Crippen LogP contribution in [-0.2, 0) is 6.42 Å². The molecule has 0 fully saturated rings. The summed E-state index contributed by atoms with van der Waals surface area (Å²) in [5, 5.41) is 19.3. The Hall–Kier alpha value is -0.860. The lowest BCUT2D eigenvalue weighted by Crippen LogP contribution is -2.27. The SMILES string of the molecule is CCC(O)C(O)Cc1c(C)cccc1C. The van der Waals surface area contributed by atoms with E-state index in [1.807, 2.05) is 39.0 Å². The molecule has 0 aliphatic carbocycles. The molecule has 0 heterocycles. The maximum atomic E-state index is 9.77. The van der Waals surface area contributed by atoms with E-state index >= 15 is 0 Å². The van der Waals surface area contributed by atoms with Gasteiger partial charge in [0, 0.05) is 6.42 Å². The summed E-state index contributed by atoms with van der Waals surface area (Å²) in [7, 11) is 0.